The highest BCUT2D eigenvalue weighted by Crippen LogP contribution is 2.33. The summed E-state index contributed by atoms with van der Waals surface area (Å²) >= 11 is 0. The minimum Gasteiger partial charge on any atom is -0.465 e. The number of fused-ring (bicyclic) bond motifs is 2. The molecule has 35 heavy (non-hydrogen) atoms. The molecule has 0 spiro atoms. The van der Waals surface area contributed by atoms with E-state index in [4.69, 9.17) is 4.74 Å². The van der Waals surface area contributed by atoms with E-state index in [1.54, 1.807) is 30.5 Å². The van der Waals surface area contributed by atoms with Crippen molar-refractivity contribution in [2.45, 2.75) is 23.7 Å². The second kappa shape index (κ2) is 9.77. The maximum atomic E-state index is 12.9. The van der Waals surface area contributed by atoms with E-state index < -0.39 is 10.0 Å². The summed E-state index contributed by atoms with van der Waals surface area (Å²) in [5.74, 6) is 0.0435. The fraction of sp³-hybridized carbons (Fsp3) is 0.308. The van der Waals surface area contributed by atoms with Crippen LogP contribution in [0.25, 0.3) is 21.8 Å². The van der Waals surface area contributed by atoms with Crippen molar-refractivity contribution in [3.63, 3.8) is 0 Å². The predicted molar refractivity (Wildman–Crippen MR) is 135 cm³/mol. The number of benzene rings is 2. The number of methoxy groups -OCH3 is 1. The Morgan fingerprint density at radius 3 is 2.77 bits per heavy atom. The molecule has 3 heterocycles. The van der Waals surface area contributed by atoms with E-state index in [1.807, 2.05) is 30.5 Å². The largest absolute Gasteiger partial charge is 0.465 e. The predicted octanol–water partition coefficient (Wildman–Crippen LogP) is 3.66. The molecule has 182 valence electrons. The third-order valence-corrected chi connectivity index (χ3v) is 8.26. The van der Waals surface area contributed by atoms with Crippen LogP contribution in [0.2, 0.25) is 0 Å². The van der Waals surface area contributed by atoms with Crippen LogP contribution in [0.5, 0.6) is 0 Å². The van der Waals surface area contributed by atoms with Gasteiger partial charge in [-0.1, -0.05) is 18.2 Å². The molecule has 0 radical (unpaired) electrons. The molecule has 8 nitrogen and oxygen atoms in total. The second-order valence-electron chi connectivity index (χ2n) is 8.84. The van der Waals surface area contributed by atoms with E-state index in [9.17, 15) is 13.2 Å². The first-order valence-electron chi connectivity index (χ1n) is 11.7. The number of carbonyl (C=O) groups excluding carboxylic acids is 1. The van der Waals surface area contributed by atoms with Gasteiger partial charge in [-0.05, 0) is 67.7 Å². The van der Waals surface area contributed by atoms with Gasteiger partial charge in [0.15, 0.2) is 0 Å². The van der Waals surface area contributed by atoms with Crippen LogP contribution in [0.1, 0.15) is 34.7 Å². The molecule has 0 aliphatic carbocycles. The first-order valence-corrected chi connectivity index (χ1v) is 13.2. The number of para-hydroxylation sites is 1. The highest BCUT2D eigenvalue weighted by atomic mass is 32.2. The minimum absolute atomic E-state index is 0.208. The van der Waals surface area contributed by atoms with Gasteiger partial charge in [-0.3, -0.25) is 4.98 Å². The van der Waals surface area contributed by atoms with Crippen LogP contribution in [0.4, 0.5) is 0 Å². The standard InChI is InChI=1S/C26H28N4O4S/c1-34-26(31)20-7-8-23-21(16-20)22(17-28-23)18-9-13-30(14-10-18)15-12-29-35(32,33)24-6-2-4-19-5-3-11-27-25(19)24/h2-8,11,16-18,28-29H,9-10,12-15H2,1H3. The first-order chi connectivity index (χ1) is 17.0. The summed E-state index contributed by atoms with van der Waals surface area (Å²) in [5.41, 5.74) is 3.26. The summed E-state index contributed by atoms with van der Waals surface area (Å²) in [6.45, 7) is 2.74. The number of esters is 1. The van der Waals surface area contributed by atoms with Gasteiger partial charge in [-0.15, -0.1) is 0 Å². The van der Waals surface area contributed by atoms with Gasteiger partial charge in [0, 0.05) is 41.8 Å². The summed E-state index contributed by atoms with van der Waals surface area (Å²) in [6.07, 6.45) is 5.58. The number of sulfonamides is 1. The van der Waals surface area contributed by atoms with Crippen LogP contribution in [0, 0.1) is 0 Å². The SMILES string of the molecule is COC(=O)c1ccc2[nH]cc(C3CCN(CCNS(=O)(=O)c4cccc5cccnc45)CC3)c2c1. The van der Waals surface area contributed by atoms with Gasteiger partial charge in [0.05, 0.1) is 18.2 Å². The van der Waals surface area contributed by atoms with E-state index in [0.717, 1.165) is 42.2 Å². The number of ether oxygens (including phenoxy) is 1. The first kappa shape index (κ1) is 23.5. The van der Waals surface area contributed by atoms with E-state index in [-0.39, 0.29) is 10.9 Å². The number of carbonyl (C=O) groups is 1. The summed E-state index contributed by atoms with van der Waals surface area (Å²) in [7, 11) is -2.26. The molecule has 2 aromatic carbocycles. The number of nitrogens with one attached hydrogen (secondary N) is 2. The lowest BCUT2D eigenvalue weighted by molar-refractivity contribution is 0.0601. The summed E-state index contributed by atoms with van der Waals surface area (Å²) in [4.78, 5) is 22.0. The second-order valence-corrected chi connectivity index (χ2v) is 10.6. The molecular weight excluding hydrogens is 464 g/mol. The Morgan fingerprint density at radius 1 is 1.17 bits per heavy atom. The van der Waals surface area contributed by atoms with Crippen molar-refractivity contribution in [2.24, 2.45) is 0 Å². The molecule has 2 aromatic heterocycles. The molecule has 4 aromatic rings. The lowest BCUT2D eigenvalue weighted by Gasteiger charge is -2.32. The lowest BCUT2D eigenvalue weighted by Crippen LogP contribution is -2.39. The van der Waals surface area contributed by atoms with Gasteiger partial charge in [0.1, 0.15) is 4.90 Å². The number of H-pyrrole nitrogens is 1. The lowest BCUT2D eigenvalue weighted by atomic mass is 9.89. The Hall–Kier alpha value is -3.27. The third-order valence-electron chi connectivity index (χ3n) is 6.77. The number of rotatable bonds is 7. The van der Waals surface area contributed by atoms with Crippen molar-refractivity contribution in [3.05, 3.63) is 72.1 Å². The van der Waals surface area contributed by atoms with E-state index in [1.165, 1.54) is 12.7 Å². The van der Waals surface area contributed by atoms with Crippen molar-refractivity contribution in [3.8, 4) is 0 Å². The van der Waals surface area contributed by atoms with Crippen LogP contribution in [-0.4, -0.2) is 62.5 Å². The zero-order valence-electron chi connectivity index (χ0n) is 19.5. The van der Waals surface area contributed by atoms with E-state index in [0.29, 0.717) is 30.1 Å². The minimum atomic E-state index is -3.65. The van der Waals surface area contributed by atoms with Crippen LogP contribution in [0.15, 0.2) is 65.8 Å². The highest BCUT2D eigenvalue weighted by molar-refractivity contribution is 7.89. The molecule has 1 aliphatic rings. The quantitative estimate of drug-likeness (QED) is 0.382. The van der Waals surface area contributed by atoms with Crippen LogP contribution in [-0.2, 0) is 14.8 Å². The molecule has 0 unspecified atom stereocenters. The number of aromatic amines is 1. The van der Waals surface area contributed by atoms with Gasteiger partial charge < -0.3 is 14.6 Å². The molecule has 1 aliphatic heterocycles. The van der Waals surface area contributed by atoms with Crippen molar-refractivity contribution < 1.29 is 17.9 Å². The van der Waals surface area contributed by atoms with Gasteiger partial charge in [0.2, 0.25) is 10.0 Å². The summed E-state index contributed by atoms with van der Waals surface area (Å²) in [6, 6.07) is 14.4. The average molecular weight is 493 g/mol. The molecule has 0 saturated carbocycles. The topological polar surface area (TPSA) is 104 Å². The van der Waals surface area contributed by atoms with E-state index >= 15 is 0 Å². The molecule has 9 heteroatoms. The van der Waals surface area contributed by atoms with Crippen molar-refractivity contribution in [2.75, 3.05) is 33.3 Å². The molecule has 5 rings (SSSR count). The zero-order valence-corrected chi connectivity index (χ0v) is 20.3. The Labute approximate surface area is 204 Å². The van der Waals surface area contributed by atoms with Gasteiger partial charge in [-0.2, -0.15) is 0 Å². The number of piperidine rings is 1. The Balaban J connectivity index is 1.19. The van der Waals surface area contributed by atoms with E-state index in [2.05, 4.69) is 19.6 Å². The molecule has 0 atom stereocenters. The highest BCUT2D eigenvalue weighted by Gasteiger charge is 2.24. The van der Waals surface area contributed by atoms with Crippen LogP contribution in [0.3, 0.4) is 0 Å². The Bertz CT molecular complexity index is 1470. The number of likely N-dealkylation sites (tertiary alicyclic amines) is 1. The van der Waals surface area contributed by atoms with Crippen molar-refractivity contribution in [1.82, 2.24) is 19.6 Å². The van der Waals surface area contributed by atoms with Gasteiger partial charge >= 0.3 is 5.97 Å². The number of hydrogen-bond acceptors (Lipinski definition) is 6. The zero-order chi connectivity index (χ0) is 24.4. The number of pyridine rings is 1. The Kier molecular flexibility index (Phi) is 6.55. The average Bonchev–Trinajstić information content (AvgIpc) is 3.31. The normalized spacial score (nSPS) is 15.6. The van der Waals surface area contributed by atoms with Crippen molar-refractivity contribution >= 4 is 37.8 Å². The molecular formula is C26H28N4O4S. The van der Waals surface area contributed by atoms with Gasteiger partial charge in [-0.25, -0.2) is 17.9 Å². The van der Waals surface area contributed by atoms with Crippen LogP contribution >= 0.6 is 0 Å². The fourth-order valence-corrected chi connectivity index (χ4v) is 6.10. The number of nitrogens with zero attached hydrogens (tertiary/aromatic N) is 2. The monoisotopic (exact) mass is 492 g/mol. The summed E-state index contributed by atoms with van der Waals surface area (Å²) in [5, 5.41) is 1.86. The van der Waals surface area contributed by atoms with Crippen molar-refractivity contribution in [1.29, 1.82) is 0 Å². The number of hydrogen-bond donors (Lipinski definition) is 2. The molecule has 2 N–H and O–H groups in total. The molecule has 1 saturated heterocycles. The molecule has 0 amide bonds. The Morgan fingerprint density at radius 2 is 1.97 bits per heavy atom. The third kappa shape index (κ3) is 4.80. The van der Waals surface area contributed by atoms with Gasteiger partial charge in [0.25, 0.3) is 0 Å². The maximum Gasteiger partial charge on any atom is 0.337 e. The molecule has 1 fully saturated rings. The smallest absolute Gasteiger partial charge is 0.337 e. The fourth-order valence-electron chi connectivity index (χ4n) is 4.90. The summed E-state index contributed by atoms with van der Waals surface area (Å²) < 4.78 is 33.4. The number of aromatic nitrogens is 2. The van der Waals surface area contributed by atoms with Crippen LogP contribution < -0.4 is 4.72 Å². The maximum absolute atomic E-state index is 12.9. The molecule has 0 bridgehead atoms.